The molecule has 1 aromatic heterocycles. The molecule has 1 aromatic rings. The lowest BCUT2D eigenvalue weighted by atomic mass is 9.98. The highest BCUT2D eigenvalue weighted by Gasteiger charge is 2.18. The number of ether oxygens (including phenoxy) is 1. The quantitative estimate of drug-likeness (QED) is 0.809. The summed E-state index contributed by atoms with van der Waals surface area (Å²) in [6, 6.07) is 0. The van der Waals surface area contributed by atoms with Crippen LogP contribution in [0.25, 0.3) is 0 Å². The summed E-state index contributed by atoms with van der Waals surface area (Å²) in [5, 5.41) is 3.40. The molecular weight excluding hydrogens is 226 g/mol. The van der Waals surface area contributed by atoms with Gasteiger partial charge in [-0.25, -0.2) is 9.97 Å². The van der Waals surface area contributed by atoms with Crippen molar-refractivity contribution in [3.63, 3.8) is 0 Å². The first-order valence-electron chi connectivity index (χ1n) is 6.89. The molecule has 0 aromatic carbocycles. The maximum atomic E-state index is 5.39. The molecule has 0 aliphatic carbocycles. The summed E-state index contributed by atoms with van der Waals surface area (Å²) in [6.45, 7) is 9.81. The van der Waals surface area contributed by atoms with E-state index in [9.17, 15) is 0 Å². The fourth-order valence-corrected chi connectivity index (χ4v) is 2.32. The third kappa shape index (κ3) is 3.06. The van der Waals surface area contributed by atoms with E-state index in [2.05, 4.69) is 19.2 Å². The minimum Gasteiger partial charge on any atom is -0.381 e. The second-order valence-corrected chi connectivity index (χ2v) is 4.98. The number of hydrogen-bond donors (Lipinski definition) is 1. The minimum absolute atomic E-state index is 0.451. The van der Waals surface area contributed by atoms with E-state index >= 15 is 0 Å². The molecule has 4 heteroatoms. The van der Waals surface area contributed by atoms with E-state index in [-0.39, 0.29) is 0 Å². The van der Waals surface area contributed by atoms with Gasteiger partial charge < -0.3 is 10.1 Å². The average molecular weight is 249 g/mol. The van der Waals surface area contributed by atoms with Crippen molar-refractivity contribution >= 4 is 0 Å². The van der Waals surface area contributed by atoms with Gasteiger partial charge in [0.1, 0.15) is 5.82 Å². The van der Waals surface area contributed by atoms with Crippen molar-refractivity contribution < 1.29 is 4.74 Å². The van der Waals surface area contributed by atoms with Gasteiger partial charge in [-0.05, 0) is 12.8 Å². The van der Waals surface area contributed by atoms with Gasteiger partial charge in [0.05, 0.1) is 18.0 Å². The summed E-state index contributed by atoms with van der Waals surface area (Å²) in [5.74, 6) is 1.39. The number of hydrogen-bond acceptors (Lipinski definition) is 4. The molecule has 0 fully saturated rings. The molecule has 1 N–H and O–H groups in total. The van der Waals surface area contributed by atoms with Gasteiger partial charge in [0, 0.05) is 38.1 Å². The van der Waals surface area contributed by atoms with Crippen LogP contribution in [0.3, 0.4) is 0 Å². The normalized spacial score (nSPS) is 14.9. The number of rotatable bonds is 5. The first-order chi connectivity index (χ1) is 8.72. The molecule has 0 bridgehead atoms. The van der Waals surface area contributed by atoms with Gasteiger partial charge in [-0.1, -0.05) is 13.8 Å². The van der Waals surface area contributed by atoms with Crippen molar-refractivity contribution in [2.75, 3.05) is 19.8 Å². The van der Waals surface area contributed by atoms with Crippen molar-refractivity contribution in [1.82, 2.24) is 15.3 Å². The van der Waals surface area contributed by atoms with Gasteiger partial charge in [0.15, 0.2) is 0 Å². The summed E-state index contributed by atoms with van der Waals surface area (Å²) >= 11 is 0. The van der Waals surface area contributed by atoms with Gasteiger partial charge in [0.25, 0.3) is 0 Å². The number of nitrogens with zero attached hydrogens (tertiary/aromatic N) is 2. The molecule has 1 aliphatic heterocycles. The predicted octanol–water partition coefficient (Wildman–Crippen LogP) is 1.82. The van der Waals surface area contributed by atoms with Crippen LogP contribution in [-0.2, 0) is 24.1 Å². The molecular formula is C14H23N3O. The summed E-state index contributed by atoms with van der Waals surface area (Å²) in [5.41, 5.74) is 3.76. The zero-order chi connectivity index (χ0) is 13.0. The van der Waals surface area contributed by atoms with Gasteiger partial charge in [-0.2, -0.15) is 0 Å². The maximum absolute atomic E-state index is 5.39. The minimum atomic E-state index is 0.451. The molecule has 4 nitrogen and oxygen atoms in total. The van der Waals surface area contributed by atoms with Crippen molar-refractivity contribution in [2.24, 2.45) is 0 Å². The lowest BCUT2D eigenvalue weighted by Gasteiger charge is -2.21. The van der Waals surface area contributed by atoms with Crippen molar-refractivity contribution in [2.45, 2.75) is 46.1 Å². The zero-order valence-electron chi connectivity index (χ0n) is 11.6. The van der Waals surface area contributed by atoms with Crippen molar-refractivity contribution in [1.29, 1.82) is 0 Å². The Morgan fingerprint density at radius 1 is 1.33 bits per heavy atom. The number of fused-ring (bicyclic) bond motifs is 1. The molecule has 18 heavy (non-hydrogen) atoms. The van der Waals surface area contributed by atoms with Crippen molar-refractivity contribution in [3.8, 4) is 0 Å². The van der Waals surface area contributed by atoms with E-state index in [1.165, 1.54) is 17.0 Å². The summed E-state index contributed by atoms with van der Waals surface area (Å²) in [7, 11) is 0. The second-order valence-electron chi connectivity index (χ2n) is 4.98. The molecule has 0 saturated heterocycles. The third-order valence-electron chi connectivity index (χ3n) is 3.23. The molecule has 100 valence electrons. The largest absolute Gasteiger partial charge is 0.381 e. The number of nitrogens with one attached hydrogen (secondary N) is 1. The fourth-order valence-electron chi connectivity index (χ4n) is 2.32. The van der Waals surface area contributed by atoms with E-state index in [1.54, 1.807) is 0 Å². The van der Waals surface area contributed by atoms with Crippen LogP contribution >= 0.6 is 0 Å². The van der Waals surface area contributed by atoms with Gasteiger partial charge in [-0.3, -0.25) is 0 Å². The molecule has 1 aliphatic rings. The van der Waals surface area contributed by atoms with Crippen LogP contribution in [0.1, 0.15) is 49.5 Å². The highest BCUT2D eigenvalue weighted by molar-refractivity contribution is 5.30. The fraction of sp³-hybridized carbons (Fsp3) is 0.714. The molecule has 0 spiro atoms. The standard InChI is InChI=1S/C14H23N3O/c1-4-18-8-6-13-16-12-5-7-15-9-11(12)14(17-13)10(2)3/h10,15H,4-9H2,1-3H3. The lowest BCUT2D eigenvalue weighted by Crippen LogP contribution is -2.27. The van der Waals surface area contributed by atoms with Gasteiger partial charge in [-0.15, -0.1) is 0 Å². The molecule has 2 heterocycles. The average Bonchev–Trinajstić information content (AvgIpc) is 2.38. The second kappa shape index (κ2) is 6.25. The zero-order valence-corrected chi connectivity index (χ0v) is 11.6. The first kappa shape index (κ1) is 13.4. The van der Waals surface area contributed by atoms with E-state index < -0.39 is 0 Å². The Balaban J connectivity index is 2.24. The van der Waals surface area contributed by atoms with Gasteiger partial charge >= 0.3 is 0 Å². The molecule has 0 saturated carbocycles. The predicted molar refractivity (Wildman–Crippen MR) is 71.7 cm³/mol. The van der Waals surface area contributed by atoms with Crippen LogP contribution in [0.2, 0.25) is 0 Å². The summed E-state index contributed by atoms with van der Waals surface area (Å²) < 4.78 is 5.39. The Bertz CT molecular complexity index is 404. The van der Waals surface area contributed by atoms with Gasteiger partial charge in [0.2, 0.25) is 0 Å². The Hall–Kier alpha value is -1.00. The molecule has 0 radical (unpaired) electrons. The summed E-state index contributed by atoms with van der Waals surface area (Å²) in [6.07, 6.45) is 1.83. The van der Waals surface area contributed by atoms with Crippen LogP contribution in [0.15, 0.2) is 0 Å². The third-order valence-corrected chi connectivity index (χ3v) is 3.23. The van der Waals surface area contributed by atoms with Crippen LogP contribution in [-0.4, -0.2) is 29.7 Å². The topological polar surface area (TPSA) is 47.0 Å². The highest BCUT2D eigenvalue weighted by atomic mass is 16.5. The molecule has 0 amide bonds. The maximum Gasteiger partial charge on any atom is 0.131 e. The number of aromatic nitrogens is 2. The van der Waals surface area contributed by atoms with Crippen molar-refractivity contribution in [3.05, 3.63) is 22.8 Å². The Kier molecular flexibility index (Phi) is 4.66. The van der Waals surface area contributed by atoms with E-state index in [0.29, 0.717) is 12.5 Å². The first-order valence-corrected chi connectivity index (χ1v) is 6.89. The summed E-state index contributed by atoms with van der Waals surface area (Å²) in [4.78, 5) is 9.42. The lowest BCUT2D eigenvalue weighted by molar-refractivity contribution is 0.149. The SMILES string of the molecule is CCOCCc1nc2c(c(C(C)C)n1)CNCC2. The van der Waals surface area contributed by atoms with E-state index in [1.807, 2.05) is 6.92 Å². The highest BCUT2D eigenvalue weighted by Crippen LogP contribution is 2.22. The van der Waals surface area contributed by atoms with E-state index in [4.69, 9.17) is 14.7 Å². The molecule has 2 rings (SSSR count). The van der Waals surface area contributed by atoms with Crippen LogP contribution in [0.4, 0.5) is 0 Å². The molecule has 0 atom stereocenters. The van der Waals surface area contributed by atoms with Crippen LogP contribution < -0.4 is 5.32 Å². The Labute approximate surface area is 109 Å². The van der Waals surface area contributed by atoms with Crippen LogP contribution in [0, 0.1) is 0 Å². The molecule has 0 unspecified atom stereocenters. The van der Waals surface area contributed by atoms with E-state index in [0.717, 1.165) is 38.4 Å². The smallest absolute Gasteiger partial charge is 0.131 e. The van der Waals surface area contributed by atoms with Crippen LogP contribution in [0.5, 0.6) is 0 Å². The Morgan fingerprint density at radius 2 is 2.17 bits per heavy atom. The Morgan fingerprint density at radius 3 is 2.89 bits per heavy atom. The monoisotopic (exact) mass is 249 g/mol.